The Morgan fingerprint density at radius 3 is 3.44 bits per heavy atom. The molecule has 0 aromatic carbocycles. The van der Waals surface area contributed by atoms with Crippen LogP contribution in [0.15, 0.2) is 18.3 Å². The predicted octanol–water partition coefficient (Wildman–Crippen LogP) is 0.706. The van der Waals surface area contributed by atoms with Crippen molar-refractivity contribution in [3.8, 4) is 0 Å². The predicted molar refractivity (Wildman–Crippen MR) is 38.2 cm³/mol. The summed E-state index contributed by atoms with van der Waals surface area (Å²) in [6, 6.07) is 3.22. The molecular weight excluding hydrogens is 114 g/mol. The Bertz CT molecular complexity index is 271. The van der Waals surface area contributed by atoms with Gasteiger partial charge in [0.05, 0.1) is 5.69 Å². The average molecular weight is 126 g/mol. The molecule has 1 aromatic rings. The van der Waals surface area contributed by atoms with E-state index in [1.54, 1.807) is 12.1 Å². The van der Waals surface area contributed by atoms with Crippen LogP contribution in [0.5, 0.6) is 0 Å². The van der Waals surface area contributed by atoms with Crippen molar-refractivity contribution in [1.29, 1.82) is 0 Å². The van der Waals surface area contributed by atoms with Gasteiger partial charge in [-0.1, -0.05) is 0 Å². The molecule has 0 amide bonds. The van der Waals surface area contributed by atoms with Crippen LogP contribution in [0.25, 0.3) is 0 Å². The molecule has 0 unspecified atom stereocenters. The maximum Gasteiger partial charge on any atom is 0.148 e. The van der Waals surface area contributed by atoms with Crippen LogP contribution < -0.4 is 11.1 Å². The molecule has 3 N–H and O–H groups in total. The van der Waals surface area contributed by atoms with Gasteiger partial charge in [-0.25, -0.2) is 4.98 Å². The lowest BCUT2D eigenvalue weighted by atomic mass is 10.4. The van der Waals surface area contributed by atoms with E-state index in [0.29, 0.717) is 5.69 Å². The lowest BCUT2D eigenvalue weighted by Crippen LogP contribution is -1.96. The second kappa shape index (κ2) is 2.35. The third-order valence-electron chi connectivity index (χ3n) is 0.957. The van der Waals surface area contributed by atoms with Gasteiger partial charge in [0.25, 0.3) is 0 Å². The molecule has 0 spiro atoms. The molecule has 0 bridgehead atoms. The van der Waals surface area contributed by atoms with Gasteiger partial charge in [-0.3, -0.25) is 0 Å². The Morgan fingerprint density at radius 1 is 1.89 bits per heavy atom. The number of nitrogens with two attached hydrogens (primary N) is 1. The fourth-order valence-corrected chi connectivity index (χ4v) is 0.522. The third kappa shape index (κ3) is 1.10. The molecule has 0 aliphatic rings. The Kier molecular flexibility index (Phi) is 0.797. The van der Waals surface area contributed by atoms with Crippen LogP contribution >= 0.6 is 0 Å². The van der Waals surface area contributed by atoms with Crippen LogP contribution in [0.2, 0.25) is 0 Å². The SMILES string of the molecule is [2H]C([2H])([2H])Nc1ncccc1N. The number of nitrogens with zero attached hydrogens (tertiary/aromatic N) is 1. The highest BCUT2D eigenvalue weighted by Gasteiger charge is 1.91. The first-order valence-corrected chi connectivity index (χ1v) is 2.48. The fraction of sp³-hybridized carbons (Fsp3) is 0.167. The molecule has 1 rings (SSSR count). The summed E-state index contributed by atoms with van der Waals surface area (Å²) in [5, 5.41) is 2.21. The first-order chi connectivity index (χ1) is 5.49. The largest absolute Gasteiger partial charge is 0.396 e. The van der Waals surface area contributed by atoms with Crippen LogP contribution in [-0.4, -0.2) is 12.0 Å². The van der Waals surface area contributed by atoms with Crippen LogP contribution in [0, 0.1) is 0 Å². The van der Waals surface area contributed by atoms with Crippen molar-refractivity contribution in [2.75, 3.05) is 18.0 Å². The van der Waals surface area contributed by atoms with Crippen molar-refractivity contribution in [2.45, 2.75) is 0 Å². The zero-order valence-corrected chi connectivity index (χ0v) is 4.76. The van der Waals surface area contributed by atoms with Gasteiger partial charge in [0, 0.05) is 17.3 Å². The Hall–Kier alpha value is -1.25. The lowest BCUT2D eigenvalue weighted by Gasteiger charge is -1.99. The van der Waals surface area contributed by atoms with Crippen molar-refractivity contribution in [3.05, 3.63) is 18.3 Å². The van der Waals surface area contributed by atoms with E-state index < -0.39 is 6.98 Å². The molecular formula is C6H9N3. The summed E-state index contributed by atoms with van der Waals surface area (Å²) in [7, 11) is 0. The van der Waals surface area contributed by atoms with Gasteiger partial charge in [0.15, 0.2) is 0 Å². The summed E-state index contributed by atoms with van der Waals surface area (Å²) in [6.45, 7) is -2.25. The Morgan fingerprint density at radius 2 is 2.78 bits per heavy atom. The van der Waals surface area contributed by atoms with Gasteiger partial charge in [-0.05, 0) is 12.1 Å². The van der Waals surface area contributed by atoms with Crippen molar-refractivity contribution < 1.29 is 4.11 Å². The highest BCUT2D eigenvalue weighted by molar-refractivity contribution is 5.59. The lowest BCUT2D eigenvalue weighted by molar-refractivity contribution is 1.29. The van der Waals surface area contributed by atoms with E-state index in [0.717, 1.165) is 0 Å². The Labute approximate surface area is 58.1 Å². The van der Waals surface area contributed by atoms with Crippen LogP contribution in [0.1, 0.15) is 4.11 Å². The van der Waals surface area contributed by atoms with Crippen molar-refractivity contribution >= 4 is 11.5 Å². The first kappa shape index (κ1) is 3.06. The van der Waals surface area contributed by atoms with Gasteiger partial charge in [0.1, 0.15) is 5.82 Å². The van der Waals surface area contributed by atoms with Gasteiger partial charge in [-0.15, -0.1) is 0 Å². The summed E-state index contributed by atoms with van der Waals surface area (Å²) in [5.41, 5.74) is 5.78. The Balaban J connectivity index is 2.83. The molecule has 3 heteroatoms. The summed E-state index contributed by atoms with van der Waals surface area (Å²) >= 11 is 0. The van der Waals surface area contributed by atoms with Gasteiger partial charge < -0.3 is 11.1 Å². The van der Waals surface area contributed by atoms with Crippen LogP contribution in [0.3, 0.4) is 0 Å². The maximum atomic E-state index is 6.89. The van der Waals surface area contributed by atoms with Gasteiger partial charge in [-0.2, -0.15) is 0 Å². The third-order valence-corrected chi connectivity index (χ3v) is 0.957. The van der Waals surface area contributed by atoms with Crippen LogP contribution in [-0.2, 0) is 0 Å². The number of hydrogen-bond acceptors (Lipinski definition) is 3. The standard InChI is InChI=1S/C6H9N3/c1-8-6-5(7)3-2-4-9-6/h2-4H,7H2,1H3,(H,8,9)/i1D3. The number of hydrogen-bond donors (Lipinski definition) is 2. The number of nitrogen functional groups attached to an aromatic ring is 1. The minimum absolute atomic E-state index is 0.192. The zero-order valence-electron chi connectivity index (χ0n) is 7.76. The normalized spacial score (nSPS) is 15.3. The monoisotopic (exact) mass is 126 g/mol. The molecule has 0 radical (unpaired) electrons. The number of anilines is 2. The van der Waals surface area contributed by atoms with Gasteiger partial charge in [0.2, 0.25) is 0 Å². The zero-order chi connectivity index (χ0) is 9.19. The molecule has 0 saturated carbocycles. The maximum absolute atomic E-state index is 6.89. The number of nitrogens with one attached hydrogen (secondary N) is 1. The molecule has 1 heterocycles. The minimum Gasteiger partial charge on any atom is -0.396 e. The van der Waals surface area contributed by atoms with E-state index in [1.807, 2.05) is 0 Å². The molecule has 0 saturated heterocycles. The highest BCUT2D eigenvalue weighted by Crippen LogP contribution is 2.10. The van der Waals surface area contributed by atoms with E-state index in [-0.39, 0.29) is 5.82 Å². The number of pyridine rings is 1. The molecule has 3 nitrogen and oxygen atoms in total. The van der Waals surface area contributed by atoms with E-state index in [1.165, 1.54) is 6.20 Å². The minimum atomic E-state index is -2.25. The van der Waals surface area contributed by atoms with Crippen molar-refractivity contribution in [1.82, 2.24) is 4.98 Å². The summed E-state index contributed by atoms with van der Waals surface area (Å²) in [6.07, 6.45) is 1.48. The molecule has 1 aromatic heterocycles. The summed E-state index contributed by atoms with van der Waals surface area (Å²) in [5.74, 6) is 0.192. The van der Waals surface area contributed by atoms with Crippen LogP contribution in [0.4, 0.5) is 11.5 Å². The highest BCUT2D eigenvalue weighted by atomic mass is 15.0. The summed E-state index contributed by atoms with van der Waals surface area (Å²) in [4.78, 5) is 3.77. The molecule has 0 atom stereocenters. The smallest absolute Gasteiger partial charge is 0.148 e. The topological polar surface area (TPSA) is 50.9 Å². The van der Waals surface area contributed by atoms with Crippen molar-refractivity contribution in [3.63, 3.8) is 0 Å². The second-order valence-corrected chi connectivity index (χ2v) is 1.57. The quantitative estimate of drug-likeness (QED) is 0.582. The molecule has 48 valence electrons. The molecule has 9 heavy (non-hydrogen) atoms. The molecule has 0 aliphatic carbocycles. The molecule has 0 aliphatic heterocycles. The van der Waals surface area contributed by atoms with E-state index in [9.17, 15) is 0 Å². The van der Waals surface area contributed by atoms with Gasteiger partial charge >= 0.3 is 0 Å². The fourth-order valence-electron chi connectivity index (χ4n) is 0.522. The number of rotatable bonds is 1. The van der Waals surface area contributed by atoms with Crippen molar-refractivity contribution in [2.24, 2.45) is 0 Å². The first-order valence-electron chi connectivity index (χ1n) is 3.98. The van der Waals surface area contributed by atoms with E-state index in [4.69, 9.17) is 9.85 Å². The number of aromatic nitrogens is 1. The van der Waals surface area contributed by atoms with E-state index >= 15 is 0 Å². The second-order valence-electron chi connectivity index (χ2n) is 1.57. The summed E-state index contributed by atoms with van der Waals surface area (Å²) < 4.78 is 20.7. The average Bonchev–Trinajstić information content (AvgIpc) is 1.91. The molecule has 0 fully saturated rings. The van der Waals surface area contributed by atoms with E-state index in [2.05, 4.69) is 10.3 Å².